The van der Waals surface area contributed by atoms with Gasteiger partial charge in [-0.3, -0.25) is 0 Å². The van der Waals surface area contributed by atoms with Crippen LogP contribution in [0.5, 0.6) is 11.5 Å². The largest absolute Gasteiger partial charge is 0.493 e. The lowest BCUT2D eigenvalue weighted by atomic mass is 9.69. The lowest BCUT2D eigenvalue weighted by Gasteiger charge is -2.36. The molecule has 1 aliphatic carbocycles. The van der Waals surface area contributed by atoms with Gasteiger partial charge in [0.15, 0.2) is 11.5 Å². The molecule has 6 heteroatoms. The molecule has 2 aromatic carbocycles. The highest BCUT2D eigenvalue weighted by Crippen LogP contribution is 2.55. The van der Waals surface area contributed by atoms with Crippen LogP contribution in [0.1, 0.15) is 34.3 Å². The van der Waals surface area contributed by atoms with Crippen LogP contribution >= 0.6 is 11.6 Å². The molecule has 30 heavy (non-hydrogen) atoms. The lowest BCUT2D eigenvalue weighted by molar-refractivity contribution is 0.0218. The fraction of sp³-hybridized carbons (Fsp3) is 0.375. The Hall–Kier alpha value is -2.50. The topological polar surface area (TPSA) is 48.0 Å². The monoisotopic (exact) mass is 425 g/mol. The third-order valence-corrected chi connectivity index (χ3v) is 6.72. The van der Waals surface area contributed by atoms with E-state index >= 15 is 0 Å². The van der Waals surface area contributed by atoms with Crippen LogP contribution in [-0.4, -0.2) is 43.8 Å². The Kier molecular flexibility index (Phi) is 4.75. The molecule has 5 rings (SSSR count). The van der Waals surface area contributed by atoms with Gasteiger partial charge in [-0.05, 0) is 62.0 Å². The van der Waals surface area contributed by atoms with Gasteiger partial charge in [-0.2, -0.15) is 0 Å². The van der Waals surface area contributed by atoms with Crippen molar-refractivity contribution >= 4 is 17.6 Å². The molecule has 0 saturated carbocycles. The summed E-state index contributed by atoms with van der Waals surface area (Å²) in [5.41, 5.74) is 2.78. The number of hydrogen-bond donors (Lipinski definition) is 0. The number of nitrogens with zero attached hydrogens (tertiary/aromatic N) is 1. The quantitative estimate of drug-likeness (QED) is 0.540. The van der Waals surface area contributed by atoms with Gasteiger partial charge >= 0.3 is 5.97 Å². The van der Waals surface area contributed by atoms with Gasteiger partial charge in [-0.1, -0.05) is 23.7 Å². The maximum atomic E-state index is 12.6. The molecule has 156 valence electrons. The number of methoxy groups -OCH3 is 1. The van der Waals surface area contributed by atoms with E-state index in [0.29, 0.717) is 17.0 Å². The average molecular weight is 426 g/mol. The summed E-state index contributed by atoms with van der Waals surface area (Å²) in [4.78, 5) is 14.9. The summed E-state index contributed by atoms with van der Waals surface area (Å²) in [6, 6.07) is 10.9. The molecule has 2 heterocycles. The van der Waals surface area contributed by atoms with Gasteiger partial charge in [0, 0.05) is 23.6 Å². The van der Waals surface area contributed by atoms with Crippen molar-refractivity contribution in [3.05, 3.63) is 70.3 Å². The maximum absolute atomic E-state index is 12.6. The number of carbonyl (C=O) groups is 1. The second kappa shape index (κ2) is 7.33. The zero-order valence-electron chi connectivity index (χ0n) is 17.1. The zero-order chi connectivity index (χ0) is 20.9. The van der Waals surface area contributed by atoms with E-state index in [1.807, 2.05) is 12.1 Å². The molecule has 2 aromatic rings. The molecular formula is C24H24ClNO4. The van der Waals surface area contributed by atoms with Gasteiger partial charge in [-0.25, -0.2) is 4.79 Å². The SMILES string of the molecule is COc1ccc2c3c1OC1C[C@@H](OC(=O)c4ccc(Cl)cc4)C=C[C@@]31CCN(C)C2. The molecule has 1 unspecified atom stereocenters. The summed E-state index contributed by atoms with van der Waals surface area (Å²) in [6.45, 7) is 1.85. The van der Waals surface area contributed by atoms with Gasteiger partial charge in [0.1, 0.15) is 12.2 Å². The van der Waals surface area contributed by atoms with Gasteiger partial charge in [0.25, 0.3) is 0 Å². The van der Waals surface area contributed by atoms with Gasteiger partial charge in [-0.15, -0.1) is 0 Å². The van der Waals surface area contributed by atoms with E-state index in [4.69, 9.17) is 25.8 Å². The number of hydrogen-bond acceptors (Lipinski definition) is 5. The standard InChI is InChI=1S/C24H24ClNO4/c1-26-12-11-24-10-9-18(29-23(27)15-3-6-17(25)7-4-15)13-20(24)30-22-19(28-2)8-5-16(14-26)21(22)24/h3-10,18,20H,11-14H2,1-2H3/t18-,20?,24-/m0/s1. The van der Waals surface area contributed by atoms with Crippen molar-refractivity contribution in [2.45, 2.75) is 37.0 Å². The van der Waals surface area contributed by atoms with Crippen molar-refractivity contribution in [2.24, 2.45) is 0 Å². The zero-order valence-corrected chi connectivity index (χ0v) is 17.8. The first-order valence-corrected chi connectivity index (χ1v) is 10.6. The second-order valence-corrected chi connectivity index (χ2v) is 8.75. The van der Waals surface area contributed by atoms with Gasteiger partial charge in [0.05, 0.1) is 18.1 Å². The van der Waals surface area contributed by atoms with Crippen LogP contribution < -0.4 is 9.47 Å². The van der Waals surface area contributed by atoms with Gasteiger partial charge < -0.3 is 19.1 Å². The molecule has 1 spiro atoms. The van der Waals surface area contributed by atoms with E-state index in [9.17, 15) is 4.79 Å². The average Bonchev–Trinajstić information content (AvgIpc) is 3.00. The van der Waals surface area contributed by atoms with E-state index in [1.165, 1.54) is 11.1 Å². The van der Waals surface area contributed by atoms with Crippen LogP contribution in [0.25, 0.3) is 0 Å². The molecule has 0 amide bonds. The number of rotatable bonds is 3. The Balaban J connectivity index is 1.46. The Morgan fingerprint density at radius 1 is 1.23 bits per heavy atom. The smallest absolute Gasteiger partial charge is 0.338 e. The highest BCUT2D eigenvalue weighted by molar-refractivity contribution is 6.30. The normalized spacial score (nSPS) is 26.9. The summed E-state index contributed by atoms with van der Waals surface area (Å²) in [5, 5.41) is 0.589. The van der Waals surface area contributed by atoms with Crippen LogP contribution in [0, 0.1) is 0 Å². The van der Waals surface area contributed by atoms with E-state index < -0.39 is 0 Å². The lowest BCUT2D eigenvalue weighted by Crippen LogP contribution is -2.43. The molecular weight excluding hydrogens is 402 g/mol. The number of benzene rings is 2. The van der Waals surface area contributed by atoms with E-state index in [1.54, 1.807) is 31.4 Å². The number of ether oxygens (including phenoxy) is 3. The van der Waals surface area contributed by atoms with E-state index in [-0.39, 0.29) is 23.6 Å². The van der Waals surface area contributed by atoms with Crippen molar-refractivity contribution in [3.8, 4) is 11.5 Å². The molecule has 3 aliphatic rings. The Morgan fingerprint density at radius 2 is 2.03 bits per heavy atom. The predicted molar refractivity (Wildman–Crippen MR) is 114 cm³/mol. The second-order valence-electron chi connectivity index (χ2n) is 8.31. The molecule has 0 aromatic heterocycles. The Labute approximate surface area is 181 Å². The first-order chi connectivity index (χ1) is 14.5. The summed E-state index contributed by atoms with van der Waals surface area (Å²) >= 11 is 5.92. The van der Waals surface area contributed by atoms with Crippen LogP contribution in [-0.2, 0) is 16.7 Å². The Bertz CT molecular complexity index is 1020. The molecule has 0 N–H and O–H groups in total. The third kappa shape index (κ3) is 3.08. The van der Waals surface area contributed by atoms with E-state index in [0.717, 1.165) is 31.0 Å². The van der Waals surface area contributed by atoms with Crippen molar-refractivity contribution < 1.29 is 19.0 Å². The van der Waals surface area contributed by atoms with Gasteiger partial charge in [0.2, 0.25) is 0 Å². The van der Waals surface area contributed by atoms with Crippen molar-refractivity contribution in [2.75, 3.05) is 20.7 Å². The van der Waals surface area contributed by atoms with Crippen LogP contribution in [0.3, 0.4) is 0 Å². The fourth-order valence-corrected chi connectivity index (χ4v) is 5.07. The van der Waals surface area contributed by atoms with Crippen molar-refractivity contribution in [1.29, 1.82) is 0 Å². The molecule has 3 atom stereocenters. The summed E-state index contributed by atoms with van der Waals surface area (Å²) in [6.07, 6.45) is 5.36. The third-order valence-electron chi connectivity index (χ3n) is 6.47. The fourth-order valence-electron chi connectivity index (χ4n) is 4.94. The first kappa shape index (κ1) is 19.5. The summed E-state index contributed by atoms with van der Waals surface area (Å²) in [5.74, 6) is 1.24. The minimum absolute atomic E-state index is 0.0953. The van der Waals surface area contributed by atoms with Crippen molar-refractivity contribution in [1.82, 2.24) is 4.90 Å². The van der Waals surface area contributed by atoms with Crippen LogP contribution in [0.4, 0.5) is 0 Å². The van der Waals surface area contributed by atoms with Crippen LogP contribution in [0.15, 0.2) is 48.6 Å². The molecule has 5 nitrogen and oxygen atoms in total. The highest BCUT2D eigenvalue weighted by Gasteiger charge is 2.53. The molecule has 0 bridgehead atoms. The Morgan fingerprint density at radius 3 is 2.80 bits per heavy atom. The predicted octanol–water partition coefficient (Wildman–Crippen LogP) is 4.37. The molecule has 0 fully saturated rings. The molecule has 0 radical (unpaired) electrons. The summed E-state index contributed by atoms with van der Waals surface area (Å²) in [7, 11) is 3.82. The minimum Gasteiger partial charge on any atom is -0.493 e. The number of halogens is 1. The summed E-state index contributed by atoms with van der Waals surface area (Å²) < 4.78 is 17.8. The highest BCUT2D eigenvalue weighted by atomic mass is 35.5. The maximum Gasteiger partial charge on any atom is 0.338 e. The number of esters is 1. The molecule has 0 saturated heterocycles. The number of carbonyl (C=O) groups excluding carboxylic acids is 1. The first-order valence-electron chi connectivity index (χ1n) is 10.2. The van der Waals surface area contributed by atoms with Crippen LogP contribution in [0.2, 0.25) is 5.02 Å². The molecule has 2 aliphatic heterocycles. The minimum atomic E-state index is -0.355. The van der Waals surface area contributed by atoms with Crippen molar-refractivity contribution in [3.63, 3.8) is 0 Å². The van der Waals surface area contributed by atoms with E-state index in [2.05, 4.69) is 24.1 Å².